The number of fused-ring (bicyclic) bond motifs is 4. The first-order chi connectivity index (χ1) is 23.8. The quantitative estimate of drug-likeness (QED) is 0.117. The van der Waals surface area contributed by atoms with Crippen molar-refractivity contribution in [3.05, 3.63) is 65.6 Å². The number of carbonyl (C=O) groups is 4. The van der Waals surface area contributed by atoms with Crippen LogP contribution in [0.4, 0.5) is 11.4 Å². The summed E-state index contributed by atoms with van der Waals surface area (Å²) in [6.45, 7) is 2.77. The van der Waals surface area contributed by atoms with Crippen LogP contribution in [0.5, 0.6) is 0 Å². The molecule has 2 bridgehead atoms. The number of hydrogen-bond donors (Lipinski definition) is 5. The van der Waals surface area contributed by atoms with E-state index >= 15 is 0 Å². The molecule has 5 aliphatic rings. The highest BCUT2D eigenvalue weighted by Crippen LogP contribution is 2.33. The summed E-state index contributed by atoms with van der Waals surface area (Å²) in [6, 6.07) is 11.8. The van der Waals surface area contributed by atoms with Gasteiger partial charge in [0.1, 0.15) is 6.04 Å². The van der Waals surface area contributed by atoms with Crippen LogP contribution in [0.2, 0.25) is 0 Å². The summed E-state index contributed by atoms with van der Waals surface area (Å²) >= 11 is 0. The smallest absolute Gasteiger partial charge is 0.262 e. The Kier molecular flexibility index (Phi) is 8.06. The van der Waals surface area contributed by atoms with Gasteiger partial charge in [-0.1, -0.05) is 0 Å². The maximum atomic E-state index is 13.1. The van der Waals surface area contributed by atoms with E-state index in [1.54, 1.807) is 24.4 Å². The highest BCUT2D eigenvalue weighted by atomic mass is 16.2. The van der Waals surface area contributed by atoms with Crippen molar-refractivity contribution in [1.82, 2.24) is 30.8 Å². The Labute approximate surface area is 283 Å². The molecule has 3 aromatic rings. The first kappa shape index (κ1) is 31.1. The lowest BCUT2D eigenvalue weighted by molar-refractivity contribution is -0.136. The molecular weight excluding hydrogens is 622 g/mol. The fraction of sp³-hybridized carbons (Fsp3) is 0.417. The third kappa shape index (κ3) is 5.92. The van der Waals surface area contributed by atoms with Crippen molar-refractivity contribution in [1.29, 1.82) is 5.41 Å². The standard InChI is InChI=1S/C36H39N9O4/c37-15-21(31-18-41-29-6-4-25(14-30(29)42-31)44-19-24-12-26(44)17-40-24)16-39-23-10-20(11-23)2-1-9-38-22-3-5-27-28(13-22)36(49)45(35(27)48)32-7-8-33(46)43-34(32)47/h3-6,13-16,18,20,23-24,26,32,37-40H,1-2,7-12,17,19H2,(H,43,46,47)/b21-16+,37-15?. The van der Waals surface area contributed by atoms with Gasteiger partial charge in [0.25, 0.3) is 11.8 Å². The van der Waals surface area contributed by atoms with E-state index in [-0.39, 0.29) is 24.0 Å². The van der Waals surface area contributed by atoms with Crippen LogP contribution in [0.3, 0.4) is 0 Å². The normalized spacial score (nSPS) is 26.2. The SMILES string of the molecule is N=C/C(=C\NC1CC(CCCNc2ccc3c(c2)C(=O)N(C2CCC(=O)NC2=O)C3=O)C1)c1cnc2ccc(N3CC4CC3CN4)cc2n1. The summed E-state index contributed by atoms with van der Waals surface area (Å²) in [6.07, 6.45) is 10.5. The van der Waals surface area contributed by atoms with E-state index in [2.05, 4.69) is 43.3 Å². The molecule has 49 heavy (non-hydrogen) atoms. The molecule has 5 N–H and O–H groups in total. The number of rotatable bonds is 11. The molecule has 1 aliphatic carbocycles. The lowest BCUT2D eigenvalue weighted by atomic mass is 9.77. The molecule has 252 valence electrons. The van der Waals surface area contributed by atoms with Gasteiger partial charge in [-0.3, -0.25) is 34.4 Å². The number of imide groups is 2. The Hall–Kier alpha value is -5.17. The summed E-state index contributed by atoms with van der Waals surface area (Å²) in [5.41, 5.74) is 5.54. The van der Waals surface area contributed by atoms with E-state index in [1.165, 1.54) is 18.3 Å². The van der Waals surface area contributed by atoms with Crippen molar-refractivity contribution in [2.45, 2.75) is 69.1 Å². The highest BCUT2D eigenvalue weighted by Gasteiger charge is 2.44. The molecule has 0 radical (unpaired) electrons. The molecule has 3 unspecified atom stereocenters. The van der Waals surface area contributed by atoms with E-state index in [9.17, 15) is 19.2 Å². The Morgan fingerprint density at radius 3 is 2.65 bits per heavy atom. The van der Waals surface area contributed by atoms with Crippen LogP contribution in [0.25, 0.3) is 16.6 Å². The van der Waals surface area contributed by atoms with Crippen LogP contribution in [0.15, 0.2) is 48.8 Å². The lowest BCUT2D eigenvalue weighted by Crippen LogP contribution is -2.54. The maximum Gasteiger partial charge on any atom is 0.262 e. The van der Waals surface area contributed by atoms with Gasteiger partial charge in [-0.25, -0.2) is 4.98 Å². The minimum absolute atomic E-state index is 0.0926. The van der Waals surface area contributed by atoms with Crippen molar-refractivity contribution < 1.29 is 19.2 Å². The molecule has 4 aliphatic heterocycles. The molecule has 2 aromatic carbocycles. The van der Waals surface area contributed by atoms with Gasteiger partial charge < -0.3 is 26.3 Å². The van der Waals surface area contributed by atoms with E-state index in [4.69, 9.17) is 10.4 Å². The molecule has 8 rings (SSSR count). The fourth-order valence-corrected chi connectivity index (χ4v) is 7.90. The topological polar surface area (TPSA) is 173 Å². The van der Waals surface area contributed by atoms with Crippen LogP contribution in [0, 0.1) is 11.3 Å². The molecule has 3 atom stereocenters. The molecule has 5 heterocycles. The molecule has 4 amide bonds. The molecule has 13 heteroatoms. The van der Waals surface area contributed by atoms with Crippen molar-refractivity contribution in [2.75, 3.05) is 29.9 Å². The number of piperidine rings is 1. The predicted molar refractivity (Wildman–Crippen MR) is 184 cm³/mol. The molecule has 4 fully saturated rings. The Bertz CT molecular complexity index is 1900. The molecule has 1 aromatic heterocycles. The minimum atomic E-state index is -0.969. The first-order valence-electron chi connectivity index (χ1n) is 17.2. The average Bonchev–Trinajstić information content (AvgIpc) is 3.79. The monoisotopic (exact) mass is 661 g/mol. The van der Waals surface area contributed by atoms with Crippen LogP contribution >= 0.6 is 0 Å². The largest absolute Gasteiger partial charge is 0.388 e. The zero-order chi connectivity index (χ0) is 33.6. The number of nitrogens with one attached hydrogen (secondary N) is 5. The molecule has 0 spiro atoms. The molecule has 3 saturated heterocycles. The third-order valence-electron chi connectivity index (χ3n) is 10.6. The van der Waals surface area contributed by atoms with Gasteiger partial charge in [0.2, 0.25) is 11.8 Å². The number of anilines is 2. The molecule has 13 nitrogen and oxygen atoms in total. The first-order valence-corrected chi connectivity index (χ1v) is 17.2. The van der Waals surface area contributed by atoms with E-state index in [0.29, 0.717) is 35.3 Å². The summed E-state index contributed by atoms with van der Waals surface area (Å²) in [7, 11) is 0. The Morgan fingerprint density at radius 1 is 1.02 bits per heavy atom. The molecule has 1 saturated carbocycles. The number of amides is 4. The summed E-state index contributed by atoms with van der Waals surface area (Å²) in [5, 5.41) is 20.6. The Balaban J connectivity index is 0.802. The zero-order valence-corrected chi connectivity index (χ0v) is 27.1. The number of carbonyl (C=O) groups excluding carboxylic acids is 4. The number of aromatic nitrogens is 2. The van der Waals surface area contributed by atoms with Crippen LogP contribution in [-0.2, 0) is 9.59 Å². The zero-order valence-electron chi connectivity index (χ0n) is 27.1. The number of nitrogens with zero attached hydrogens (tertiary/aromatic N) is 4. The van der Waals surface area contributed by atoms with Crippen molar-refractivity contribution in [3.8, 4) is 0 Å². The predicted octanol–water partition coefficient (Wildman–Crippen LogP) is 2.83. The van der Waals surface area contributed by atoms with Crippen molar-refractivity contribution in [3.63, 3.8) is 0 Å². The second-order valence-electron chi connectivity index (χ2n) is 13.8. The van der Waals surface area contributed by atoms with E-state index in [1.807, 2.05) is 12.3 Å². The van der Waals surface area contributed by atoms with Gasteiger partial charge in [-0.15, -0.1) is 0 Å². The summed E-state index contributed by atoms with van der Waals surface area (Å²) in [5.74, 6) is -1.41. The van der Waals surface area contributed by atoms with Gasteiger partial charge in [0.05, 0.1) is 34.1 Å². The second-order valence-corrected chi connectivity index (χ2v) is 13.8. The Morgan fingerprint density at radius 2 is 1.88 bits per heavy atom. The van der Waals surface area contributed by atoms with Crippen LogP contribution in [0.1, 0.15) is 71.4 Å². The summed E-state index contributed by atoms with van der Waals surface area (Å²) < 4.78 is 0. The lowest BCUT2D eigenvalue weighted by Gasteiger charge is -2.36. The van der Waals surface area contributed by atoms with E-state index < -0.39 is 29.7 Å². The number of benzene rings is 2. The number of hydrogen-bond acceptors (Lipinski definition) is 11. The molecular formula is C36H39N9O4. The maximum absolute atomic E-state index is 13.1. The van der Waals surface area contributed by atoms with Gasteiger partial charge in [-0.05, 0) is 80.8 Å². The third-order valence-corrected chi connectivity index (χ3v) is 10.6. The number of allylic oxidation sites excluding steroid dienone is 1. The van der Waals surface area contributed by atoms with Crippen LogP contribution < -0.4 is 26.2 Å². The van der Waals surface area contributed by atoms with Gasteiger partial charge >= 0.3 is 0 Å². The van der Waals surface area contributed by atoms with E-state index in [0.717, 1.165) is 66.9 Å². The second kappa shape index (κ2) is 12.7. The van der Waals surface area contributed by atoms with Crippen molar-refractivity contribution >= 4 is 57.8 Å². The average molecular weight is 662 g/mol. The summed E-state index contributed by atoms with van der Waals surface area (Å²) in [4.78, 5) is 62.8. The van der Waals surface area contributed by atoms with Gasteiger partial charge in [0.15, 0.2) is 0 Å². The van der Waals surface area contributed by atoms with Crippen molar-refractivity contribution in [2.24, 2.45) is 5.92 Å². The highest BCUT2D eigenvalue weighted by molar-refractivity contribution is 6.23. The van der Waals surface area contributed by atoms with Crippen LogP contribution in [-0.4, -0.2) is 88.5 Å². The minimum Gasteiger partial charge on any atom is -0.388 e. The number of piperazine rings is 1. The fourth-order valence-electron chi connectivity index (χ4n) is 7.90. The van der Waals surface area contributed by atoms with Gasteiger partial charge in [0, 0.05) is 73.5 Å². The van der Waals surface area contributed by atoms with Gasteiger partial charge in [-0.2, -0.15) is 0 Å².